The van der Waals surface area contributed by atoms with Crippen LogP contribution in [0.4, 0.5) is 0 Å². The van der Waals surface area contributed by atoms with E-state index in [0.717, 1.165) is 34.7 Å². The van der Waals surface area contributed by atoms with Crippen LogP contribution in [0.2, 0.25) is 0 Å². The van der Waals surface area contributed by atoms with E-state index in [4.69, 9.17) is 4.74 Å². The molecule has 2 aliphatic rings. The van der Waals surface area contributed by atoms with Crippen molar-refractivity contribution in [2.75, 3.05) is 24.9 Å². The summed E-state index contributed by atoms with van der Waals surface area (Å²) in [6.07, 6.45) is 0.917. The van der Waals surface area contributed by atoms with Gasteiger partial charge in [-0.1, -0.05) is 17.8 Å². The number of rotatable bonds is 9. The highest BCUT2D eigenvalue weighted by Gasteiger charge is 2.66. The lowest BCUT2D eigenvalue weighted by Gasteiger charge is -2.55. The molecule has 1 saturated heterocycles. The molecule has 0 aliphatic carbocycles. The molecule has 192 valence electrons. The third-order valence-electron chi connectivity index (χ3n) is 5.07. The molecule has 4 heterocycles. The molecular formula is C17H16N6O8S5. The van der Waals surface area contributed by atoms with Crippen LogP contribution in [0.15, 0.2) is 33.9 Å². The molecule has 0 spiro atoms. The van der Waals surface area contributed by atoms with E-state index in [1.54, 1.807) is 17.5 Å². The van der Waals surface area contributed by atoms with Crippen LogP contribution >= 0.6 is 34.9 Å². The average Bonchev–Trinajstić information content (AvgIpc) is 3.53. The predicted molar refractivity (Wildman–Crippen MR) is 131 cm³/mol. The third kappa shape index (κ3) is 4.50. The van der Waals surface area contributed by atoms with Gasteiger partial charge in [-0.25, -0.2) is 17.4 Å². The SMILES string of the molecule is CO[C@@]1(NC(=O)C(=S=O)c2cccs2)C(=O)N2C(C(=O)O)=C(CSc3nnnn3S(C)(=O)=O)CS[C@@H]21. The lowest BCUT2D eigenvalue weighted by atomic mass is 9.98. The van der Waals surface area contributed by atoms with Crippen LogP contribution in [0, 0.1) is 0 Å². The Morgan fingerprint density at radius 2 is 2.17 bits per heavy atom. The van der Waals surface area contributed by atoms with Gasteiger partial charge in [0.15, 0.2) is 0 Å². The summed E-state index contributed by atoms with van der Waals surface area (Å²) in [7, 11) is -2.57. The average molecular weight is 593 g/mol. The highest BCUT2D eigenvalue weighted by atomic mass is 32.2. The van der Waals surface area contributed by atoms with Gasteiger partial charge in [-0.3, -0.25) is 14.5 Å². The van der Waals surface area contributed by atoms with E-state index in [-0.39, 0.29) is 38.5 Å². The maximum atomic E-state index is 13.2. The molecule has 2 amide bonds. The Hall–Kier alpha value is -2.58. The van der Waals surface area contributed by atoms with Gasteiger partial charge in [0, 0.05) is 18.6 Å². The largest absolute Gasteiger partial charge is 0.477 e. The van der Waals surface area contributed by atoms with Crippen LogP contribution in [0.25, 0.3) is 0 Å². The molecule has 2 N–H and O–H groups in total. The summed E-state index contributed by atoms with van der Waals surface area (Å²) in [6.45, 7) is 0. The van der Waals surface area contributed by atoms with Gasteiger partial charge in [-0.05, 0) is 27.4 Å². The molecule has 2 aliphatic heterocycles. The summed E-state index contributed by atoms with van der Waals surface area (Å²) in [5.74, 6) is -2.91. The van der Waals surface area contributed by atoms with Crippen molar-refractivity contribution in [3.8, 4) is 0 Å². The van der Waals surface area contributed by atoms with Crippen molar-refractivity contribution in [1.29, 1.82) is 0 Å². The number of tetrazole rings is 1. The van der Waals surface area contributed by atoms with Gasteiger partial charge in [0.2, 0.25) is 5.16 Å². The van der Waals surface area contributed by atoms with Gasteiger partial charge in [0.1, 0.15) is 27.2 Å². The van der Waals surface area contributed by atoms with Crippen LogP contribution in [0.1, 0.15) is 4.88 Å². The summed E-state index contributed by atoms with van der Waals surface area (Å²) < 4.78 is 41.2. The first-order valence-electron chi connectivity index (χ1n) is 9.65. The van der Waals surface area contributed by atoms with Gasteiger partial charge in [-0.2, -0.15) is 0 Å². The summed E-state index contributed by atoms with van der Waals surface area (Å²) >= 11 is 3.19. The van der Waals surface area contributed by atoms with Crippen molar-refractivity contribution < 1.29 is 36.9 Å². The number of hydrogen-bond acceptors (Lipinski definition) is 13. The summed E-state index contributed by atoms with van der Waals surface area (Å²) in [5.41, 5.74) is -1.86. The molecule has 2 aromatic heterocycles. The van der Waals surface area contributed by atoms with Crippen LogP contribution < -0.4 is 5.32 Å². The normalized spacial score (nSPS) is 21.6. The molecule has 0 unspecified atom stereocenters. The number of fused-ring (bicyclic) bond motifs is 1. The molecule has 2 atom stereocenters. The fraction of sp³-hybridized carbons (Fsp3) is 0.353. The summed E-state index contributed by atoms with van der Waals surface area (Å²) in [6, 6.07) is 3.25. The number of carboxylic acids is 1. The Bertz CT molecular complexity index is 1430. The van der Waals surface area contributed by atoms with E-state index >= 15 is 0 Å². The minimum Gasteiger partial charge on any atom is -0.477 e. The number of thioether (sulfide) groups is 2. The number of methoxy groups -OCH3 is 1. The molecule has 1 fully saturated rings. The van der Waals surface area contributed by atoms with E-state index in [0.29, 0.717) is 14.5 Å². The smallest absolute Gasteiger partial charge is 0.352 e. The molecule has 0 radical (unpaired) electrons. The van der Waals surface area contributed by atoms with E-state index < -0.39 is 38.9 Å². The number of β-lactam (4-membered cyclic amide) rings is 1. The van der Waals surface area contributed by atoms with Crippen molar-refractivity contribution in [2.45, 2.75) is 16.3 Å². The molecule has 4 rings (SSSR count). The summed E-state index contributed by atoms with van der Waals surface area (Å²) in [4.78, 5) is 39.5. The molecular weight excluding hydrogens is 577 g/mol. The number of carbonyl (C=O) groups excluding carboxylic acids is 2. The second kappa shape index (κ2) is 10.1. The molecule has 2 aromatic rings. The quantitative estimate of drug-likeness (QED) is 0.116. The number of thiophene rings is 1. The van der Waals surface area contributed by atoms with Gasteiger partial charge < -0.3 is 15.2 Å². The van der Waals surface area contributed by atoms with Gasteiger partial charge in [0.05, 0.1) is 11.1 Å². The van der Waals surface area contributed by atoms with Crippen molar-refractivity contribution in [3.05, 3.63) is 33.7 Å². The Balaban J connectivity index is 1.59. The van der Waals surface area contributed by atoms with Crippen molar-refractivity contribution in [2.24, 2.45) is 0 Å². The topological polar surface area (TPSA) is 191 Å². The standard InChI is InChI=1S/C17H16N6O8S5/c1-31-17(18-12(24)11(35-28)9-4-3-5-32-9)14(27)22-10(13(25)26)8(6-33-15(17)22)7-34-16-19-20-21-23(16)36(2,29)30/h3-5,15H,6-7H2,1-2H3,(H,18,24)(H,25,26)/t15-,17+/m1/s1. The highest BCUT2D eigenvalue weighted by molar-refractivity contribution is 8.01. The second-order valence-electron chi connectivity index (χ2n) is 7.24. The van der Waals surface area contributed by atoms with E-state index in [9.17, 15) is 32.1 Å². The lowest BCUT2D eigenvalue weighted by Crippen LogP contribution is -2.81. The zero-order chi connectivity index (χ0) is 26.3. The fourth-order valence-electron chi connectivity index (χ4n) is 3.49. The van der Waals surface area contributed by atoms with Crippen LogP contribution in [-0.2, 0) is 40.4 Å². The molecule has 0 aromatic carbocycles. The van der Waals surface area contributed by atoms with Crippen molar-refractivity contribution in [1.82, 2.24) is 29.8 Å². The number of nitrogens with zero attached hydrogens (tertiary/aromatic N) is 5. The number of hydrogen-bond donors (Lipinski definition) is 2. The minimum absolute atomic E-state index is 0.0174. The first-order chi connectivity index (χ1) is 17.0. The van der Waals surface area contributed by atoms with E-state index in [1.165, 1.54) is 18.4 Å². The number of aromatic nitrogens is 4. The zero-order valence-electron chi connectivity index (χ0n) is 18.3. The predicted octanol–water partition coefficient (Wildman–Crippen LogP) is -1.22. The molecule has 19 heteroatoms. The monoisotopic (exact) mass is 592 g/mol. The highest BCUT2D eigenvalue weighted by Crippen LogP contribution is 2.47. The number of carboxylic acid groups (broad SMARTS) is 1. The van der Waals surface area contributed by atoms with E-state index in [1.807, 2.05) is 0 Å². The van der Waals surface area contributed by atoms with Gasteiger partial charge in [0.25, 0.3) is 27.6 Å². The van der Waals surface area contributed by atoms with Crippen LogP contribution in [0.5, 0.6) is 0 Å². The van der Waals surface area contributed by atoms with Gasteiger partial charge in [-0.15, -0.1) is 32.3 Å². The molecule has 14 nitrogen and oxygen atoms in total. The molecule has 36 heavy (non-hydrogen) atoms. The number of amides is 2. The fourth-order valence-corrected chi connectivity index (χ4v) is 8.08. The lowest BCUT2D eigenvalue weighted by molar-refractivity contribution is -0.191. The third-order valence-corrected chi connectivity index (χ3v) is 10.0. The Morgan fingerprint density at radius 1 is 1.42 bits per heavy atom. The van der Waals surface area contributed by atoms with Gasteiger partial charge >= 0.3 is 5.97 Å². The molecule has 0 saturated carbocycles. The van der Waals surface area contributed by atoms with Crippen LogP contribution in [-0.4, -0.2) is 101 Å². The Kier molecular flexibility index (Phi) is 7.40. The first-order valence-corrected chi connectivity index (χ1v) is 15.2. The number of aliphatic carboxylic acids is 1. The Labute approximate surface area is 219 Å². The van der Waals surface area contributed by atoms with E-state index in [2.05, 4.69) is 20.8 Å². The number of carbonyl (C=O) groups is 3. The van der Waals surface area contributed by atoms with Crippen molar-refractivity contribution >= 4 is 78.8 Å². The second-order valence-corrected chi connectivity index (χ2v) is 12.6. The van der Waals surface area contributed by atoms with Crippen LogP contribution in [0.3, 0.4) is 0 Å². The first kappa shape index (κ1) is 26.5. The maximum absolute atomic E-state index is 13.2. The maximum Gasteiger partial charge on any atom is 0.352 e. The number of nitrogens with one attached hydrogen (secondary N) is 1. The van der Waals surface area contributed by atoms with Crippen molar-refractivity contribution in [3.63, 3.8) is 0 Å². The Morgan fingerprint density at radius 3 is 2.75 bits per heavy atom. The minimum atomic E-state index is -3.77. The summed E-state index contributed by atoms with van der Waals surface area (Å²) in [5, 5.41) is 23.5. The zero-order valence-corrected chi connectivity index (χ0v) is 22.4. The molecule has 0 bridgehead atoms. The number of ether oxygens (including phenoxy) is 1.